The van der Waals surface area contributed by atoms with Gasteiger partial charge in [0.25, 0.3) is 10.0 Å². The number of para-hydroxylation sites is 1. The molecule has 0 saturated carbocycles. The average Bonchev–Trinajstić information content (AvgIpc) is 2.98. The summed E-state index contributed by atoms with van der Waals surface area (Å²) in [6.45, 7) is 2.13. The Bertz CT molecular complexity index is 1650. The van der Waals surface area contributed by atoms with Crippen molar-refractivity contribution in [3.05, 3.63) is 131 Å². The third-order valence-electron chi connectivity index (χ3n) is 6.34. The quantitative estimate of drug-likeness (QED) is 0.136. The lowest BCUT2D eigenvalue weighted by atomic mass is 10.1. The summed E-state index contributed by atoms with van der Waals surface area (Å²) < 4.78 is 63.8. The van der Waals surface area contributed by atoms with Gasteiger partial charge in [0.1, 0.15) is 17.4 Å². The first-order valence-electron chi connectivity index (χ1n) is 13.1. The highest BCUT2D eigenvalue weighted by molar-refractivity contribution is 7.92. The summed E-state index contributed by atoms with van der Waals surface area (Å²) in [6, 6.07) is 23.3. The van der Waals surface area contributed by atoms with Gasteiger partial charge >= 0.3 is 0 Å². The fraction of sp³-hybridized carbons (Fsp3) is 0.156. The molecule has 0 bridgehead atoms. The topological polar surface area (TPSA) is 75.7 Å². The SMILES string of the molecule is CC(c1ccccc1OCCCNC(=O)/C=C\c1ccccc1)N(c1cc(F)ccc1F)S(=O)(=O)c1ccc(Cl)cc1. The highest BCUT2D eigenvalue weighted by Gasteiger charge is 2.34. The van der Waals surface area contributed by atoms with E-state index < -0.39 is 33.4 Å². The Balaban J connectivity index is 1.51. The van der Waals surface area contributed by atoms with Gasteiger partial charge < -0.3 is 10.1 Å². The van der Waals surface area contributed by atoms with Gasteiger partial charge in [-0.1, -0.05) is 60.1 Å². The predicted octanol–water partition coefficient (Wildman–Crippen LogP) is 7.17. The third kappa shape index (κ3) is 7.74. The van der Waals surface area contributed by atoms with E-state index in [2.05, 4.69) is 5.32 Å². The average molecular weight is 611 g/mol. The van der Waals surface area contributed by atoms with Crippen LogP contribution in [0.4, 0.5) is 14.5 Å². The fourth-order valence-electron chi connectivity index (χ4n) is 4.27. The van der Waals surface area contributed by atoms with Gasteiger partial charge in [-0.3, -0.25) is 9.10 Å². The van der Waals surface area contributed by atoms with Crippen molar-refractivity contribution in [1.82, 2.24) is 5.32 Å². The lowest BCUT2D eigenvalue weighted by Crippen LogP contribution is -2.34. The van der Waals surface area contributed by atoms with Crippen molar-refractivity contribution in [1.29, 1.82) is 0 Å². The van der Waals surface area contributed by atoms with Gasteiger partial charge in [0, 0.05) is 29.3 Å². The van der Waals surface area contributed by atoms with Crippen LogP contribution in [0, 0.1) is 11.6 Å². The minimum Gasteiger partial charge on any atom is -0.493 e. The molecule has 1 N–H and O–H groups in total. The van der Waals surface area contributed by atoms with Crippen LogP contribution in [-0.4, -0.2) is 27.5 Å². The molecule has 4 aromatic carbocycles. The molecule has 0 heterocycles. The number of halogens is 3. The molecule has 0 aromatic heterocycles. The van der Waals surface area contributed by atoms with Crippen molar-refractivity contribution in [2.24, 2.45) is 0 Å². The molecule has 0 aliphatic carbocycles. The summed E-state index contributed by atoms with van der Waals surface area (Å²) >= 11 is 5.95. The van der Waals surface area contributed by atoms with E-state index in [1.165, 1.54) is 30.3 Å². The number of nitrogens with zero attached hydrogens (tertiary/aromatic N) is 1. The molecule has 1 unspecified atom stereocenters. The predicted molar refractivity (Wildman–Crippen MR) is 161 cm³/mol. The summed E-state index contributed by atoms with van der Waals surface area (Å²) in [5.41, 5.74) is 0.902. The molecule has 0 aliphatic heterocycles. The Morgan fingerprint density at radius 1 is 0.976 bits per heavy atom. The molecule has 4 rings (SSSR count). The van der Waals surface area contributed by atoms with Crippen molar-refractivity contribution < 1.29 is 26.7 Å². The molecule has 0 aliphatic rings. The molecule has 0 radical (unpaired) electrons. The van der Waals surface area contributed by atoms with Gasteiger partial charge in [-0.25, -0.2) is 17.2 Å². The van der Waals surface area contributed by atoms with E-state index in [4.69, 9.17) is 16.3 Å². The zero-order valence-corrected chi connectivity index (χ0v) is 24.3. The molecular weight excluding hydrogens is 582 g/mol. The van der Waals surface area contributed by atoms with E-state index in [1.807, 2.05) is 30.3 Å². The molecule has 0 spiro atoms. The summed E-state index contributed by atoms with van der Waals surface area (Å²) in [7, 11) is -4.38. The minimum absolute atomic E-state index is 0.141. The van der Waals surface area contributed by atoms with Gasteiger partial charge in [0.15, 0.2) is 0 Å². The van der Waals surface area contributed by atoms with Crippen LogP contribution in [0.25, 0.3) is 6.08 Å². The van der Waals surface area contributed by atoms with E-state index in [0.29, 0.717) is 29.3 Å². The highest BCUT2D eigenvalue weighted by atomic mass is 35.5. The standard InChI is InChI=1S/C32H29ClF2N2O4S/c1-23(37(30-22-26(34)15-18-29(30)35)42(39,40)27-16-13-25(33)14-17-27)28-10-5-6-11-31(28)41-21-7-20-36-32(38)19-12-24-8-3-2-4-9-24/h2-6,8-19,22-23H,7,20-21H2,1H3,(H,36,38)/b19-12-. The second kappa shape index (κ2) is 14.1. The largest absolute Gasteiger partial charge is 0.493 e. The molecule has 10 heteroatoms. The number of benzene rings is 4. The summed E-state index contributed by atoms with van der Waals surface area (Å²) in [6.07, 6.45) is 3.64. The maximum absolute atomic E-state index is 15.0. The molecule has 218 valence electrons. The minimum atomic E-state index is -4.38. The fourth-order valence-corrected chi connectivity index (χ4v) is 6.03. The zero-order valence-electron chi connectivity index (χ0n) is 22.7. The van der Waals surface area contributed by atoms with E-state index >= 15 is 4.39 Å². The van der Waals surface area contributed by atoms with Crippen LogP contribution in [0.2, 0.25) is 5.02 Å². The van der Waals surface area contributed by atoms with Crippen molar-refractivity contribution in [3.63, 3.8) is 0 Å². The second-order valence-corrected chi connectivity index (χ2v) is 11.6. The van der Waals surface area contributed by atoms with E-state index in [1.54, 1.807) is 37.3 Å². The van der Waals surface area contributed by atoms with E-state index in [0.717, 1.165) is 28.1 Å². The molecular formula is C32H29ClF2N2O4S. The Labute approximate surface area is 249 Å². The molecule has 4 aromatic rings. The monoisotopic (exact) mass is 610 g/mol. The van der Waals surface area contributed by atoms with Gasteiger partial charge in [0.2, 0.25) is 5.91 Å². The Morgan fingerprint density at radius 2 is 1.67 bits per heavy atom. The first-order valence-corrected chi connectivity index (χ1v) is 15.0. The first kappa shape index (κ1) is 30.7. The number of carbonyl (C=O) groups is 1. The zero-order chi connectivity index (χ0) is 30.1. The van der Waals surface area contributed by atoms with Crippen LogP contribution in [0.15, 0.2) is 108 Å². The van der Waals surface area contributed by atoms with Crippen LogP contribution >= 0.6 is 11.6 Å². The third-order valence-corrected chi connectivity index (χ3v) is 8.49. The van der Waals surface area contributed by atoms with Crippen molar-refractivity contribution in [3.8, 4) is 5.75 Å². The Kier molecular flexibility index (Phi) is 10.3. The molecule has 1 amide bonds. The summed E-state index contributed by atoms with van der Waals surface area (Å²) in [5, 5.41) is 3.12. The number of nitrogens with one attached hydrogen (secondary N) is 1. The normalized spacial score (nSPS) is 12.2. The first-order chi connectivity index (χ1) is 20.2. The van der Waals surface area contributed by atoms with Crippen LogP contribution in [0.3, 0.4) is 0 Å². The number of hydrogen-bond acceptors (Lipinski definition) is 4. The van der Waals surface area contributed by atoms with Crippen molar-refractivity contribution in [2.45, 2.75) is 24.3 Å². The van der Waals surface area contributed by atoms with E-state index in [9.17, 15) is 17.6 Å². The van der Waals surface area contributed by atoms with Crippen molar-refractivity contribution in [2.75, 3.05) is 17.5 Å². The van der Waals surface area contributed by atoms with Gasteiger partial charge in [-0.2, -0.15) is 0 Å². The van der Waals surface area contributed by atoms with E-state index in [-0.39, 0.29) is 17.4 Å². The smallest absolute Gasteiger partial charge is 0.264 e. The molecule has 0 saturated heterocycles. The van der Waals surface area contributed by atoms with Gasteiger partial charge in [0.05, 0.1) is 23.2 Å². The highest BCUT2D eigenvalue weighted by Crippen LogP contribution is 2.38. The maximum Gasteiger partial charge on any atom is 0.264 e. The summed E-state index contributed by atoms with van der Waals surface area (Å²) in [4.78, 5) is 12.0. The van der Waals surface area contributed by atoms with Crippen LogP contribution < -0.4 is 14.4 Å². The number of sulfonamides is 1. The van der Waals surface area contributed by atoms with Crippen molar-refractivity contribution >= 4 is 39.3 Å². The number of ether oxygens (including phenoxy) is 1. The number of hydrogen-bond donors (Lipinski definition) is 1. The molecule has 42 heavy (non-hydrogen) atoms. The second-order valence-electron chi connectivity index (χ2n) is 9.30. The summed E-state index contributed by atoms with van der Waals surface area (Å²) in [5.74, 6) is -1.57. The van der Waals surface area contributed by atoms with Crippen LogP contribution in [-0.2, 0) is 14.8 Å². The number of anilines is 1. The maximum atomic E-state index is 15.0. The lowest BCUT2D eigenvalue weighted by Gasteiger charge is -2.32. The lowest BCUT2D eigenvalue weighted by molar-refractivity contribution is -0.116. The van der Waals surface area contributed by atoms with Gasteiger partial charge in [-0.15, -0.1) is 0 Å². The molecule has 0 fully saturated rings. The number of amides is 1. The van der Waals surface area contributed by atoms with Crippen LogP contribution in [0.5, 0.6) is 5.75 Å². The Morgan fingerprint density at radius 3 is 2.40 bits per heavy atom. The van der Waals surface area contributed by atoms with Crippen LogP contribution in [0.1, 0.15) is 30.5 Å². The van der Waals surface area contributed by atoms with Gasteiger partial charge in [-0.05, 0) is 67.4 Å². The number of rotatable bonds is 12. The number of carbonyl (C=O) groups excluding carboxylic acids is 1. The molecule has 1 atom stereocenters. The Hall–Kier alpha value is -4.21. The molecule has 6 nitrogen and oxygen atoms in total.